The van der Waals surface area contributed by atoms with Gasteiger partial charge in [0, 0.05) is 0 Å². The summed E-state index contributed by atoms with van der Waals surface area (Å²) in [4.78, 5) is 0. The highest BCUT2D eigenvalue weighted by Crippen LogP contribution is 2.51. The Morgan fingerprint density at radius 1 is 0.382 bits per heavy atom. The Bertz CT molecular complexity index is 2490. The lowest BCUT2D eigenvalue weighted by Gasteiger charge is -2.25. The van der Waals surface area contributed by atoms with Crippen molar-refractivity contribution < 1.29 is 0 Å². The molecule has 0 fully saturated rings. The second-order valence-corrected chi connectivity index (χ2v) is 19.2. The Hall–Kier alpha value is -5.49. The van der Waals surface area contributed by atoms with Crippen molar-refractivity contribution in [1.82, 2.24) is 0 Å². The molecule has 0 heterocycles. The van der Waals surface area contributed by atoms with Crippen molar-refractivity contribution in [2.45, 2.75) is 41.5 Å². The van der Waals surface area contributed by atoms with Gasteiger partial charge in [0.1, 0.15) is 23.2 Å². The van der Waals surface area contributed by atoms with E-state index >= 15 is 0 Å². The van der Waals surface area contributed by atoms with Gasteiger partial charge >= 0.3 is 0 Å². The number of hydrogen-bond donors (Lipinski definition) is 0. The first-order valence-corrected chi connectivity index (χ1v) is 21.7. The van der Waals surface area contributed by atoms with Crippen LogP contribution in [0.5, 0.6) is 0 Å². The zero-order valence-corrected chi connectivity index (χ0v) is 34.1. The van der Waals surface area contributed by atoms with Gasteiger partial charge in [0.05, 0.1) is 6.66 Å². The Morgan fingerprint density at radius 2 is 0.764 bits per heavy atom. The highest BCUT2D eigenvalue weighted by atomic mass is 31.2. The average molecular weight is 728 g/mol. The van der Waals surface area contributed by atoms with Crippen LogP contribution in [0.4, 0.5) is 0 Å². The summed E-state index contributed by atoms with van der Waals surface area (Å²) >= 11 is 0. The first-order chi connectivity index (χ1) is 26.6. The number of fused-ring (bicyclic) bond motifs is 1. The molecule has 0 aliphatic carbocycles. The van der Waals surface area contributed by atoms with E-state index in [0.29, 0.717) is 0 Å². The molecule has 0 aliphatic rings. The highest BCUT2D eigenvalue weighted by molar-refractivity contribution is 7.95. The van der Waals surface area contributed by atoms with Crippen LogP contribution in [-0.2, 0) is 0 Å². The van der Waals surface area contributed by atoms with Crippen molar-refractivity contribution in [1.29, 1.82) is 0 Å². The Kier molecular flexibility index (Phi) is 9.94. The van der Waals surface area contributed by atoms with Gasteiger partial charge in [0.25, 0.3) is 0 Å². The topological polar surface area (TPSA) is 0 Å². The van der Waals surface area contributed by atoms with E-state index in [4.69, 9.17) is 0 Å². The van der Waals surface area contributed by atoms with Gasteiger partial charge in [-0.15, -0.1) is 0 Å². The van der Waals surface area contributed by atoms with Gasteiger partial charge in [-0.3, -0.25) is 0 Å². The summed E-state index contributed by atoms with van der Waals surface area (Å²) in [6.07, 6.45) is 0. The summed E-state index contributed by atoms with van der Waals surface area (Å²) in [7, 11) is -1.82. The molecule has 8 aromatic rings. The Morgan fingerprint density at radius 3 is 1.18 bits per heavy atom. The minimum Gasteiger partial charge on any atom is -0.0686 e. The summed E-state index contributed by atoms with van der Waals surface area (Å²) in [6, 6.07) is 63.9. The smallest absolute Gasteiger partial charge is 0.0686 e. The molecule has 0 radical (unpaired) electrons. The van der Waals surface area contributed by atoms with E-state index in [2.05, 4.69) is 218 Å². The van der Waals surface area contributed by atoms with Gasteiger partial charge < -0.3 is 0 Å². The van der Waals surface area contributed by atoms with Crippen molar-refractivity contribution in [3.05, 3.63) is 203 Å². The summed E-state index contributed by atoms with van der Waals surface area (Å²) < 4.78 is 0. The zero-order chi connectivity index (χ0) is 38.3. The molecule has 0 aliphatic heterocycles. The standard InChI is InChI=1S/C53H49BP/c1-36-32-38(3)52(39(4)33-36)54(53-40(5)34-37(2)35-41(53)6)45-28-24-42(25-29-45)49-22-14-16-44-17-15-23-50(51(44)49)43-26-30-48(31-27-43)55(7,46-18-10-8-11-19-46)47-20-12-9-13-21-47/h8-35H,1-7H3/q+1. The van der Waals surface area contributed by atoms with Gasteiger partial charge in [-0.2, -0.15) is 0 Å². The second kappa shape index (κ2) is 15.0. The summed E-state index contributed by atoms with van der Waals surface area (Å²) in [6.45, 7) is 16.2. The molecule has 0 atom stereocenters. The van der Waals surface area contributed by atoms with Crippen LogP contribution >= 0.6 is 7.26 Å². The molecular weight excluding hydrogens is 678 g/mol. The number of rotatable bonds is 8. The van der Waals surface area contributed by atoms with Crippen LogP contribution in [0.2, 0.25) is 0 Å². The number of hydrogen-bond acceptors (Lipinski definition) is 0. The molecule has 0 aromatic heterocycles. The molecule has 55 heavy (non-hydrogen) atoms. The molecule has 2 heteroatoms. The van der Waals surface area contributed by atoms with E-state index in [1.54, 1.807) is 0 Å². The first-order valence-electron chi connectivity index (χ1n) is 19.5. The first kappa shape index (κ1) is 36.5. The number of aryl methyl sites for hydroxylation is 6. The van der Waals surface area contributed by atoms with Crippen LogP contribution in [0.3, 0.4) is 0 Å². The van der Waals surface area contributed by atoms with E-state index in [-0.39, 0.29) is 6.71 Å². The molecule has 0 spiro atoms. The van der Waals surface area contributed by atoms with Crippen molar-refractivity contribution in [2.75, 3.05) is 6.66 Å². The van der Waals surface area contributed by atoms with Crippen LogP contribution in [0.15, 0.2) is 170 Å². The maximum absolute atomic E-state index is 2.46. The summed E-state index contributed by atoms with van der Waals surface area (Å²) in [5.74, 6) is 0. The van der Waals surface area contributed by atoms with Gasteiger partial charge in [0.2, 0.25) is 6.71 Å². The van der Waals surface area contributed by atoms with Crippen molar-refractivity contribution in [3.63, 3.8) is 0 Å². The zero-order valence-electron chi connectivity index (χ0n) is 33.2. The van der Waals surface area contributed by atoms with Gasteiger partial charge in [-0.25, -0.2) is 0 Å². The third-order valence-electron chi connectivity index (χ3n) is 11.8. The fourth-order valence-corrected chi connectivity index (χ4v) is 12.5. The third kappa shape index (κ3) is 6.77. The lowest BCUT2D eigenvalue weighted by Crippen LogP contribution is -2.55. The molecule has 0 saturated carbocycles. The van der Waals surface area contributed by atoms with Crippen LogP contribution in [0.1, 0.15) is 33.4 Å². The molecule has 0 amide bonds. The predicted molar refractivity (Wildman–Crippen MR) is 245 cm³/mol. The van der Waals surface area contributed by atoms with Crippen molar-refractivity contribution >= 4 is 57.0 Å². The summed E-state index contributed by atoms with van der Waals surface area (Å²) in [5, 5.41) is 6.72. The van der Waals surface area contributed by atoms with Gasteiger partial charge in [-0.1, -0.05) is 183 Å². The van der Waals surface area contributed by atoms with E-state index in [9.17, 15) is 0 Å². The monoisotopic (exact) mass is 727 g/mol. The fraction of sp³-hybridized carbons (Fsp3) is 0.132. The predicted octanol–water partition coefficient (Wildman–Crippen LogP) is 10.5. The summed E-state index contributed by atoms with van der Waals surface area (Å²) in [5.41, 5.74) is 17.2. The van der Waals surface area contributed by atoms with Gasteiger partial charge in [-0.05, 0) is 111 Å². The molecule has 8 aromatic carbocycles. The molecule has 0 bridgehead atoms. The minimum absolute atomic E-state index is 0.150. The SMILES string of the molecule is Cc1cc(C)c(B(c2ccc(-c3cccc4cccc(-c5ccc([P+](C)(c6ccccc6)c6ccccc6)cc5)c34)cc2)c2c(C)cc(C)cc2C)c(C)c1. The van der Waals surface area contributed by atoms with Crippen LogP contribution in [0.25, 0.3) is 33.0 Å². The van der Waals surface area contributed by atoms with E-state index in [1.165, 1.54) is 98.7 Å². The Labute approximate surface area is 329 Å². The molecule has 0 N–H and O–H groups in total. The second-order valence-electron chi connectivity index (χ2n) is 15.6. The molecule has 8 rings (SSSR count). The van der Waals surface area contributed by atoms with Gasteiger partial charge in [0.15, 0.2) is 0 Å². The Balaban J connectivity index is 1.22. The van der Waals surface area contributed by atoms with E-state index in [0.717, 1.165) is 0 Å². The maximum Gasteiger partial charge on any atom is 0.242 e. The fourth-order valence-electron chi connectivity index (χ4n) is 9.29. The largest absolute Gasteiger partial charge is 0.242 e. The molecule has 0 unspecified atom stereocenters. The molecular formula is C53H49BP+. The van der Waals surface area contributed by atoms with Crippen LogP contribution < -0.4 is 32.3 Å². The molecule has 268 valence electrons. The highest BCUT2D eigenvalue weighted by Gasteiger charge is 2.40. The van der Waals surface area contributed by atoms with E-state index < -0.39 is 7.26 Å². The molecule has 0 saturated heterocycles. The van der Waals surface area contributed by atoms with Crippen molar-refractivity contribution in [2.24, 2.45) is 0 Å². The maximum atomic E-state index is 2.46. The lowest BCUT2D eigenvalue weighted by molar-refractivity contribution is 1.34. The average Bonchev–Trinajstić information content (AvgIpc) is 3.19. The quantitative estimate of drug-likeness (QED) is 0.108. The lowest BCUT2D eigenvalue weighted by atomic mass is 9.34. The number of benzene rings is 8. The van der Waals surface area contributed by atoms with E-state index in [1.807, 2.05) is 0 Å². The normalized spacial score (nSPS) is 11.5. The van der Waals surface area contributed by atoms with Crippen LogP contribution in [0, 0.1) is 41.5 Å². The molecule has 0 nitrogen and oxygen atoms in total. The van der Waals surface area contributed by atoms with Crippen molar-refractivity contribution in [3.8, 4) is 22.3 Å². The third-order valence-corrected chi connectivity index (χ3v) is 15.7. The minimum atomic E-state index is -1.82. The van der Waals surface area contributed by atoms with Crippen LogP contribution in [-0.4, -0.2) is 13.4 Å².